The Morgan fingerprint density at radius 1 is 1.25 bits per heavy atom. The van der Waals surface area contributed by atoms with Crippen molar-refractivity contribution in [2.75, 3.05) is 19.8 Å². The quantitative estimate of drug-likeness (QED) is 0.812. The lowest BCUT2D eigenvalue weighted by Crippen LogP contribution is -2.73. The molecule has 0 saturated carbocycles. The molecule has 5 rings (SSSR count). The first-order chi connectivity index (χ1) is 13.6. The summed E-state index contributed by atoms with van der Waals surface area (Å²) in [4.78, 5) is 27.6. The number of hydrogen-bond donors (Lipinski definition) is 1. The normalized spacial score (nSPS) is 30.9. The van der Waals surface area contributed by atoms with Crippen LogP contribution in [0.3, 0.4) is 0 Å². The van der Waals surface area contributed by atoms with E-state index in [0.717, 1.165) is 11.3 Å². The first-order valence-electron chi connectivity index (χ1n) is 9.61. The average Bonchev–Trinajstić information content (AvgIpc) is 3.20. The molecule has 1 aromatic heterocycles. The van der Waals surface area contributed by atoms with E-state index in [0.29, 0.717) is 38.3 Å². The van der Waals surface area contributed by atoms with Crippen molar-refractivity contribution >= 4 is 11.8 Å². The van der Waals surface area contributed by atoms with E-state index >= 15 is 0 Å². The molecule has 28 heavy (non-hydrogen) atoms. The number of piperidine rings is 1. The Bertz CT molecular complexity index is 911. The Kier molecular flexibility index (Phi) is 3.94. The standard InChI is InChI=1S/C21H22N2O5/c22-19(24)18-17-14-5-1-2-6-16(14)28-21(8-11-26-12-15(17)21)23(20(18)25)9-7-13-4-3-10-27-13/h1-6,10,15,17-18H,7-9,11-12H2,(H2,22,24). The average molecular weight is 382 g/mol. The molecule has 0 spiro atoms. The molecule has 2 bridgehead atoms. The number of primary amides is 1. The highest BCUT2D eigenvalue weighted by Gasteiger charge is 2.64. The minimum Gasteiger partial charge on any atom is -0.469 e. The Morgan fingerprint density at radius 3 is 2.89 bits per heavy atom. The van der Waals surface area contributed by atoms with Gasteiger partial charge in [0.05, 0.1) is 25.4 Å². The van der Waals surface area contributed by atoms with Crippen molar-refractivity contribution in [2.24, 2.45) is 17.6 Å². The van der Waals surface area contributed by atoms with Crippen molar-refractivity contribution in [1.82, 2.24) is 4.90 Å². The van der Waals surface area contributed by atoms with E-state index in [-0.39, 0.29) is 17.7 Å². The number of para-hydroxylation sites is 1. The van der Waals surface area contributed by atoms with E-state index in [1.54, 1.807) is 11.2 Å². The van der Waals surface area contributed by atoms with Gasteiger partial charge in [0.15, 0.2) is 5.72 Å². The highest BCUT2D eigenvalue weighted by molar-refractivity contribution is 6.02. The highest BCUT2D eigenvalue weighted by Crippen LogP contribution is 2.56. The molecule has 4 heterocycles. The first-order valence-corrected chi connectivity index (χ1v) is 9.61. The van der Waals surface area contributed by atoms with Gasteiger partial charge in [-0.15, -0.1) is 0 Å². The largest absolute Gasteiger partial charge is 0.469 e. The highest BCUT2D eigenvalue weighted by atomic mass is 16.5. The molecule has 0 radical (unpaired) electrons. The Balaban J connectivity index is 1.62. The van der Waals surface area contributed by atoms with E-state index in [9.17, 15) is 9.59 Å². The number of amides is 2. The van der Waals surface area contributed by atoms with Gasteiger partial charge < -0.3 is 24.5 Å². The number of likely N-dealkylation sites (tertiary alicyclic amines) is 1. The third kappa shape index (κ3) is 2.39. The summed E-state index contributed by atoms with van der Waals surface area (Å²) in [5.41, 5.74) is 5.77. The van der Waals surface area contributed by atoms with Gasteiger partial charge >= 0.3 is 0 Å². The van der Waals surface area contributed by atoms with Crippen molar-refractivity contribution in [1.29, 1.82) is 0 Å². The summed E-state index contributed by atoms with van der Waals surface area (Å²) < 4.78 is 17.7. The second-order valence-electron chi connectivity index (χ2n) is 7.64. The molecule has 3 aliphatic rings. The number of nitrogens with two attached hydrogens (primary N) is 1. The molecular weight excluding hydrogens is 360 g/mol. The zero-order valence-electron chi connectivity index (χ0n) is 15.4. The molecule has 7 heteroatoms. The summed E-state index contributed by atoms with van der Waals surface area (Å²) >= 11 is 0. The molecule has 2 saturated heterocycles. The number of rotatable bonds is 4. The maximum Gasteiger partial charge on any atom is 0.238 e. The SMILES string of the molecule is NC(=O)C1C(=O)N(CCc2ccco2)C23CCOCC2C1c1ccccc1O3. The fraction of sp³-hybridized carbons (Fsp3) is 0.429. The van der Waals surface area contributed by atoms with Crippen LogP contribution >= 0.6 is 0 Å². The number of furan rings is 1. The van der Waals surface area contributed by atoms with Gasteiger partial charge in [0.1, 0.15) is 17.4 Å². The van der Waals surface area contributed by atoms with Gasteiger partial charge in [-0.05, 0) is 23.8 Å². The number of nitrogens with zero attached hydrogens (tertiary/aromatic N) is 1. The summed E-state index contributed by atoms with van der Waals surface area (Å²) in [6, 6.07) is 11.3. The molecule has 2 amide bonds. The van der Waals surface area contributed by atoms with Gasteiger partial charge in [-0.2, -0.15) is 0 Å². The maximum absolute atomic E-state index is 13.5. The summed E-state index contributed by atoms with van der Waals surface area (Å²) in [7, 11) is 0. The molecule has 4 atom stereocenters. The molecule has 2 fully saturated rings. The van der Waals surface area contributed by atoms with Crippen LogP contribution in [0.5, 0.6) is 5.75 Å². The summed E-state index contributed by atoms with van der Waals surface area (Å²) in [5.74, 6) is -0.792. The zero-order chi connectivity index (χ0) is 19.3. The number of benzene rings is 1. The van der Waals surface area contributed by atoms with E-state index in [2.05, 4.69) is 0 Å². The van der Waals surface area contributed by atoms with E-state index in [1.165, 1.54) is 0 Å². The minimum atomic E-state index is -0.929. The molecule has 4 unspecified atom stereocenters. The number of carbonyl (C=O) groups excluding carboxylic acids is 2. The molecule has 7 nitrogen and oxygen atoms in total. The fourth-order valence-electron chi connectivity index (χ4n) is 5.10. The van der Waals surface area contributed by atoms with Gasteiger partial charge in [0, 0.05) is 25.3 Å². The zero-order valence-corrected chi connectivity index (χ0v) is 15.4. The van der Waals surface area contributed by atoms with Crippen LogP contribution in [0.15, 0.2) is 47.1 Å². The van der Waals surface area contributed by atoms with Crippen LogP contribution < -0.4 is 10.5 Å². The molecular formula is C21H22N2O5. The van der Waals surface area contributed by atoms with E-state index < -0.39 is 17.6 Å². The lowest BCUT2D eigenvalue weighted by atomic mass is 9.64. The number of fused-ring (bicyclic) bond motifs is 2. The monoisotopic (exact) mass is 382 g/mol. The summed E-state index contributed by atoms with van der Waals surface area (Å²) in [6.45, 7) is 1.31. The van der Waals surface area contributed by atoms with Crippen LogP contribution in [-0.2, 0) is 20.7 Å². The molecule has 146 valence electrons. The van der Waals surface area contributed by atoms with Crippen LogP contribution in [0.25, 0.3) is 0 Å². The van der Waals surface area contributed by atoms with Crippen molar-refractivity contribution in [3.63, 3.8) is 0 Å². The fourth-order valence-corrected chi connectivity index (χ4v) is 5.10. The molecule has 2 N–H and O–H groups in total. The van der Waals surface area contributed by atoms with E-state index in [4.69, 9.17) is 19.6 Å². The van der Waals surface area contributed by atoms with Gasteiger partial charge in [0.25, 0.3) is 0 Å². The van der Waals surface area contributed by atoms with Crippen molar-refractivity contribution in [2.45, 2.75) is 24.5 Å². The third-order valence-electron chi connectivity index (χ3n) is 6.30. The van der Waals surface area contributed by atoms with Crippen LogP contribution in [0.1, 0.15) is 23.7 Å². The Labute approximate surface area is 162 Å². The van der Waals surface area contributed by atoms with Gasteiger partial charge in [0.2, 0.25) is 11.8 Å². The van der Waals surface area contributed by atoms with Gasteiger partial charge in [-0.1, -0.05) is 18.2 Å². The van der Waals surface area contributed by atoms with Crippen LogP contribution in [0.4, 0.5) is 0 Å². The number of hydrogen-bond acceptors (Lipinski definition) is 5. The lowest BCUT2D eigenvalue weighted by Gasteiger charge is -2.60. The van der Waals surface area contributed by atoms with Crippen LogP contribution in [-0.4, -0.2) is 42.2 Å². The Morgan fingerprint density at radius 2 is 2.11 bits per heavy atom. The summed E-state index contributed by atoms with van der Waals surface area (Å²) in [6.07, 6.45) is 2.70. The maximum atomic E-state index is 13.5. The predicted octanol–water partition coefficient (Wildman–Crippen LogP) is 1.67. The number of carbonyl (C=O) groups is 2. The topological polar surface area (TPSA) is 95.0 Å². The van der Waals surface area contributed by atoms with Gasteiger partial charge in [-0.3, -0.25) is 9.59 Å². The first kappa shape index (κ1) is 17.3. The third-order valence-corrected chi connectivity index (χ3v) is 6.30. The van der Waals surface area contributed by atoms with Crippen LogP contribution in [0, 0.1) is 11.8 Å². The van der Waals surface area contributed by atoms with Gasteiger partial charge in [-0.25, -0.2) is 0 Å². The molecule has 3 aliphatic heterocycles. The van der Waals surface area contributed by atoms with Crippen LogP contribution in [0.2, 0.25) is 0 Å². The molecule has 2 aromatic rings. The van der Waals surface area contributed by atoms with Crippen molar-refractivity contribution < 1.29 is 23.5 Å². The predicted molar refractivity (Wildman–Crippen MR) is 98.3 cm³/mol. The smallest absolute Gasteiger partial charge is 0.238 e. The summed E-state index contributed by atoms with van der Waals surface area (Å²) in [5, 5.41) is 0. The lowest BCUT2D eigenvalue weighted by molar-refractivity contribution is -0.227. The second kappa shape index (κ2) is 6.38. The molecule has 0 aliphatic carbocycles. The molecule has 1 aromatic carbocycles. The van der Waals surface area contributed by atoms with Crippen molar-refractivity contribution in [3.05, 3.63) is 54.0 Å². The Hall–Kier alpha value is -2.80. The van der Waals surface area contributed by atoms with E-state index in [1.807, 2.05) is 36.4 Å². The minimum absolute atomic E-state index is 0.150. The second-order valence-corrected chi connectivity index (χ2v) is 7.64. The number of ether oxygens (including phenoxy) is 2. The van der Waals surface area contributed by atoms with Crippen molar-refractivity contribution in [3.8, 4) is 5.75 Å².